The first kappa shape index (κ1) is 18.5. The van der Waals surface area contributed by atoms with Crippen LogP contribution in [0.5, 0.6) is 0 Å². The molecule has 1 N–H and O–H groups in total. The number of nitrogens with one attached hydrogen (secondary N) is 1. The molecule has 2 atom stereocenters. The summed E-state index contributed by atoms with van der Waals surface area (Å²) in [5, 5.41) is 7.19. The highest BCUT2D eigenvalue weighted by Crippen LogP contribution is 2.38. The van der Waals surface area contributed by atoms with Crippen LogP contribution >= 0.6 is 0 Å². The number of hydrogen-bond acceptors (Lipinski definition) is 4. The van der Waals surface area contributed by atoms with Crippen molar-refractivity contribution < 1.29 is 13.6 Å². The summed E-state index contributed by atoms with van der Waals surface area (Å²) < 4.78 is 27.3. The number of halogens is 2. The molecule has 0 saturated carbocycles. The van der Waals surface area contributed by atoms with E-state index in [1.165, 1.54) is 23.9 Å². The minimum atomic E-state index is -1.02. The SMILES string of the molecule is C=CNC[C@@]1(CF)CC(N2CCc3ccccc3[C@@H]2c2ccc(F)cc2)=NO1. The lowest BCUT2D eigenvalue weighted by Crippen LogP contribution is -2.45. The Morgan fingerprint density at radius 1 is 1.25 bits per heavy atom. The van der Waals surface area contributed by atoms with Crippen LogP contribution in [0.15, 0.2) is 66.5 Å². The van der Waals surface area contributed by atoms with Gasteiger partial charge in [0.05, 0.1) is 19.0 Å². The van der Waals surface area contributed by atoms with Crippen molar-refractivity contribution in [3.8, 4) is 0 Å². The van der Waals surface area contributed by atoms with E-state index >= 15 is 0 Å². The van der Waals surface area contributed by atoms with Crippen molar-refractivity contribution in [2.24, 2.45) is 5.16 Å². The molecule has 0 amide bonds. The van der Waals surface area contributed by atoms with Crippen molar-refractivity contribution >= 4 is 5.84 Å². The van der Waals surface area contributed by atoms with Gasteiger partial charge in [0.1, 0.15) is 18.3 Å². The van der Waals surface area contributed by atoms with Crippen molar-refractivity contribution in [3.63, 3.8) is 0 Å². The molecule has 0 bridgehead atoms. The van der Waals surface area contributed by atoms with Crippen LogP contribution in [0.1, 0.15) is 29.2 Å². The van der Waals surface area contributed by atoms with Crippen molar-refractivity contribution in [3.05, 3.63) is 83.8 Å². The summed E-state index contributed by atoms with van der Waals surface area (Å²) in [5.74, 6) is 0.445. The van der Waals surface area contributed by atoms with E-state index in [1.54, 1.807) is 12.1 Å². The number of oxime groups is 1. The van der Waals surface area contributed by atoms with E-state index in [1.807, 2.05) is 12.1 Å². The maximum absolute atomic E-state index is 13.8. The summed E-state index contributed by atoms with van der Waals surface area (Å²) in [6, 6.07) is 14.7. The predicted octanol–water partition coefficient (Wildman–Crippen LogP) is 3.95. The summed E-state index contributed by atoms with van der Waals surface area (Å²) in [6.45, 7) is 4.00. The first-order valence-corrected chi connectivity index (χ1v) is 9.41. The number of hydrogen-bond donors (Lipinski definition) is 1. The van der Waals surface area contributed by atoms with Crippen LogP contribution in [0, 0.1) is 5.82 Å². The molecule has 0 saturated heterocycles. The standard InChI is InChI=1S/C22H23F2N3O/c1-2-25-15-22(14-23)13-20(26-28-22)27-12-11-16-5-3-4-6-19(16)21(27)17-7-9-18(24)10-8-17/h2-10,21,25H,1,11-15H2/t21-,22-/m0/s1. The maximum Gasteiger partial charge on any atom is 0.189 e. The van der Waals surface area contributed by atoms with Crippen molar-refractivity contribution in [1.82, 2.24) is 10.2 Å². The zero-order chi connectivity index (χ0) is 19.6. The second-order valence-corrected chi connectivity index (χ2v) is 7.27. The third kappa shape index (κ3) is 3.35. The Morgan fingerprint density at radius 3 is 2.79 bits per heavy atom. The van der Waals surface area contributed by atoms with Crippen LogP contribution in [0.4, 0.5) is 8.78 Å². The first-order chi connectivity index (χ1) is 13.7. The number of benzene rings is 2. The molecule has 2 aromatic rings. The molecule has 0 aliphatic carbocycles. The highest BCUT2D eigenvalue weighted by molar-refractivity contribution is 5.85. The molecule has 2 aliphatic heterocycles. The summed E-state index contributed by atoms with van der Waals surface area (Å²) in [5.41, 5.74) is 2.37. The van der Waals surface area contributed by atoms with Crippen LogP contribution in [0.25, 0.3) is 0 Å². The zero-order valence-corrected chi connectivity index (χ0v) is 15.6. The van der Waals surface area contributed by atoms with E-state index in [0.717, 1.165) is 24.1 Å². The quantitative estimate of drug-likeness (QED) is 0.850. The fourth-order valence-corrected chi connectivity index (χ4v) is 3.98. The Kier molecular flexibility index (Phi) is 5.03. The summed E-state index contributed by atoms with van der Waals surface area (Å²) >= 11 is 0. The molecule has 28 heavy (non-hydrogen) atoms. The second kappa shape index (κ2) is 7.62. The maximum atomic E-state index is 13.8. The Hall–Kier alpha value is -2.89. The van der Waals surface area contributed by atoms with Crippen LogP contribution < -0.4 is 5.32 Å². The molecule has 2 aliphatic rings. The lowest BCUT2D eigenvalue weighted by molar-refractivity contribution is -0.0323. The Balaban J connectivity index is 1.68. The van der Waals surface area contributed by atoms with E-state index < -0.39 is 12.3 Å². The van der Waals surface area contributed by atoms with Gasteiger partial charge in [0.25, 0.3) is 0 Å². The third-order valence-electron chi connectivity index (χ3n) is 5.44. The van der Waals surface area contributed by atoms with Crippen molar-refractivity contribution in [1.29, 1.82) is 0 Å². The van der Waals surface area contributed by atoms with Gasteiger partial charge in [-0.2, -0.15) is 0 Å². The van der Waals surface area contributed by atoms with E-state index in [9.17, 15) is 8.78 Å². The highest BCUT2D eigenvalue weighted by atomic mass is 19.1. The van der Waals surface area contributed by atoms with Gasteiger partial charge in [0.2, 0.25) is 0 Å². The van der Waals surface area contributed by atoms with Crippen LogP contribution in [0.3, 0.4) is 0 Å². The van der Waals surface area contributed by atoms with E-state index in [2.05, 4.69) is 34.1 Å². The predicted molar refractivity (Wildman–Crippen MR) is 105 cm³/mol. The smallest absolute Gasteiger partial charge is 0.189 e. The van der Waals surface area contributed by atoms with Gasteiger partial charge in [0.15, 0.2) is 5.60 Å². The van der Waals surface area contributed by atoms with E-state index in [-0.39, 0.29) is 11.9 Å². The molecule has 146 valence electrons. The van der Waals surface area contributed by atoms with Gasteiger partial charge in [-0.25, -0.2) is 8.78 Å². The minimum absolute atomic E-state index is 0.115. The molecule has 0 spiro atoms. The van der Waals surface area contributed by atoms with Gasteiger partial charge in [-0.15, -0.1) is 0 Å². The van der Waals surface area contributed by atoms with Crippen LogP contribution in [0.2, 0.25) is 0 Å². The molecule has 4 nitrogen and oxygen atoms in total. The molecule has 2 aromatic carbocycles. The molecular formula is C22H23F2N3O. The molecule has 0 fully saturated rings. The van der Waals surface area contributed by atoms with E-state index in [4.69, 9.17) is 4.84 Å². The number of rotatable bonds is 5. The summed E-state index contributed by atoms with van der Waals surface area (Å²) in [6.07, 6.45) is 2.75. The number of nitrogens with zero attached hydrogens (tertiary/aromatic N) is 2. The lowest BCUT2D eigenvalue weighted by Gasteiger charge is -2.39. The Morgan fingerprint density at radius 2 is 2.04 bits per heavy atom. The summed E-state index contributed by atoms with van der Waals surface area (Å²) in [7, 11) is 0. The third-order valence-corrected chi connectivity index (χ3v) is 5.44. The van der Waals surface area contributed by atoms with Crippen LogP contribution in [-0.2, 0) is 11.3 Å². The molecule has 0 aromatic heterocycles. The summed E-state index contributed by atoms with van der Waals surface area (Å²) in [4.78, 5) is 7.70. The normalized spacial score (nSPS) is 23.6. The topological polar surface area (TPSA) is 36.9 Å². The number of alkyl halides is 1. The van der Waals surface area contributed by atoms with Gasteiger partial charge >= 0.3 is 0 Å². The van der Waals surface area contributed by atoms with Crippen molar-refractivity contribution in [2.75, 3.05) is 19.8 Å². The molecule has 0 unspecified atom stereocenters. The highest BCUT2D eigenvalue weighted by Gasteiger charge is 2.43. The van der Waals surface area contributed by atoms with Gasteiger partial charge in [-0.3, -0.25) is 0 Å². The first-order valence-electron chi connectivity index (χ1n) is 9.41. The van der Waals surface area contributed by atoms with Gasteiger partial charge in [-0.1, -0.05) is 48.1 Å². The molecule has 0 radical (unpaired) electrons. The van der Waals surface area contributed by atoms with Crippen LogP contribution in [-0.4, -0.2) is 36.1 Å². The van der Waals surface area contributed by atoms with Gasteiger partial charge in [0, 0.05) is 6.54 Å². The molecule has 6 heteroatoms. The second-order valence-electron chi connectivity index (χ2n) is 7.27. The zero-order valence-electron chi connectivity index (χ0n) is 15.6. The Bertz CT molecular complexity index is 884. The fraction of sp³-hybridized carbons (Fsp3) is 0.318. The molecule has 4 rings (SSSR count). The largest absolute Gasteiger partial charge is 0.387 e. The molecule has 2 heterocycles. The van der Waals surface area contributed by atoms with E-state index in [0.29, 0.717) is 18.8 Å². The number of amidine groups is 1. The van der Waals surface area contributed by atoms with Crippen molar-refractivity contribution in [2.45, 2.75) is 24.5 Å². The minimum Gasteiger partial charge on any atom is -0.387 e. The fourth-order valence-electron chi connectivity index (χ4n) is 3.98. The van der Waals surface area contributed by atoms with Gasteiger partial charge < -0.3 is 15.1 Å². The number of fused-ring (bicyclic) bond motifs is 1. The average Bonchev–Trinajstić information content (AvgIpc) is 3.17. The molecular weight excluding hydrogens is 360 g/mol. The average molecular weight is 383 g/mol. The lowest BCUT2D eigenvalue weighted by atomic mass is 9.87. The monoisotopic (exact) mass is 383 g/mol. The Labute approximate surface area is 163 Å². The van der Waals surface area contributed by atoms with Gasteiger partial charge in [-0.05, 0) is 41.4 Å².